The number of benzene rings is 19. The summed E-state index contributed by atoms with van der Waals surface area (Å²) in [5.41, 5.74) is 23.5. The number of para-hydroxylation sites is 4. The first-order valence-corrected chi connectivity index (χ1v) is 46.6. The van der Waals surface area contributed by atoms with Crippen LogP contribution >= 0.6 is 34.0 Å². The van der Waals surface area contributed by atoms with Crippen LogP contribution in [0.25, 0.3) is 272 Å². The van der Waals surface area contributed by atoms with Crippen molar-refractivity contribution in [2.45, 2.75) is 0 Å². The lowest BCUT2D eigenvalue weighted by Gasteiger charge is -2.16. The second-order valence-electron chi connectivity index (χ2n) is 33.9. The van der Waals surface area contributed by atoms with Gasteiger partial charge < -0.3 is 18.3 Å². The number of aromatic nitrogens is 10. The number of nitrogens with zero attached hydrogens (tertiary/aromatic N) is 10. The van der Waals surface area contributed by atoms with Gasteiger partial charge in [-0.25, -0.2) is 29.9 Å². The van der Waals surface area contributed by atoms with Crippen LogP contribution in [0.15, 0.2) is 413 Å². The van der Waals surface area contributed by atoms with Crippen LogP contribution in [-0.2, 0) is 0 Å². The minimum absolute atomic E-state index is 0.593. The van der Waals surface area contributed by atoms with Crippen LogP contribution < -0.4 is 0 Å². The van der Waals surface area contributed by atoms with Crippen molar-refractivity contribution in [1.82, 2.24) is 48.2 Å². The maximum absolute atomic E-state index is 5.49. The highest BCUT2D eigenvalue weighted by molar-refractivity contribution is 7.27. The highest BCUT2D eigenvalue weighted by atomic mass is 32.1. The Labute approximate surface area is 760 Å². The van der Waals surface area contributed by atoms with E-state index in [2.05, 4.69) is 394 Å². The summed E-state index contributed by atoms with van der Waals surface area (Å²) in [6.07, 6.45) is 0. The maximum Gasteiger partial charge on any atom is 0.165 e. The molecule has 0 bridgehead atoms. The molecule has 28 aromatic rings. The van der Waals surface area contributed by atoms with Gasteiger partial charge >= 0.3 is 0 Å². The summed E-state index contributed by atoms with van der Waals surface area (Å²) in [5, 5.41) is 19.2. The Bertz CT molecular complexity index is 9640. The van der Waals surface area contributed by atoms with E-state index >= 15 is 0 Å². The third kappa shape index (κ3) is 11.5. The van der Waals surface area contributed by atoms with Crippen LogP contribution in [-0.4, -0.2) is 48.2 Å². The number of hydrogen-bond acceptors (Lipinski definition) is 9. The zero-order valence-corrected chi connectivity index (χ0v) is 72.4. The predicted molar refractivity (Wildman–Crippen MR) is 550 cm³/mol. The van der Waals surface area contributed by atoms with Gasteiger partial charge in [-0.3, -0.25) is 0 Å². The molecule has 131 heavy (non-hydrogen) atoms. The zero-order chi connectivity index (χ0) is 85.6. The van der Waals surface area contributed by atoms with E-state index in [0.29, 0.717) is 34.9 Å². The molecule has 0 aliphatic carbocycles. The van der Waals surface area contributed by atoms with E-state index in [1.54, 1.807) is 11.3 Å². The molecule has 0 aliphatic heterocycles. The van der Waals surface area contributed by atoms with E-state index in [-0.39, 0.29) is 0 Å². The SMILES string of the molecule is c1ccc(-c2nc(-c3ccc(-c4ccc(-c5ccc6c7ccccc7n(-c7ccc8c9ccc%10c%11ccccc%11sc%10c9n(-c9ccc(-c%10nc(-c%11ccccc%11)nc(-c%11cccc%12c%11sc%11ccccc%11%12)n%10)c%10ccccc9%10)c8c7)c6c5)cc4)cc3)nc(-c3cccc(-n4c5ccccc5c5cc6c(cc54)sc4cc(-n5c7ccccc7c7ccccc75)ccc46)c3)n2)cc1. The van der Waals surface area contributed by atoms with Crippen LogP contribution in [0.1, 0.15) is 0 Å². The smallest absolute Gasteiger partial charge is 0.165 e. The zero-order valence-electron chi connectivity index (χ0n) is 70.0. The van der Waals surface area contributed by atoms with Gasteiger partial charge in [-0.1, -0.05) is 303 Å². The molecular weight excluding hydrogens is 1650 g/mol. The van der Waals surface area contributed by atoms with Gasteiger partial charge in [0.25, 0.3) is 0 Å². The molecule has 10 nitrogen and oxygen atoms in total. The standard InChI is InChI=1S/C118H68N10S3/c1-3-23-72(24-4-1)113-119-115(121-116(120-113)76-27-21-28-77(63-76)126-101-42-18-12-34-85(101)96-67-97-90-58-55-79(66-108(90)129-109(97)68-105(96)126)125-98-39-15-9-31-82(98)83-32-10-16-40-99(83)125)74-51-49-70(50-52-74)69-45-47-71(48-46-69)75-53-56-86-84-33-11-17-41-100(84)127(103(86)64-75)78-54-57-87-91-59-60-93-89-36-14-20-44-107(89)131-112(93)110(91)128(104(87)65-78)102-62-61-94(80-29-7-8-30-81(80)102)117-122-114(73-25-5-2-6-26-73)123-118(124-117)95-38-22-37-92-88-35-13-19-43-106(88)130-111(92)95/h1-68H. The van der Waals surface area contributed by atoms with Crippen LogP contribution in [0.4, 0.5) is 0 Å². The monoisotopic (exact) mass is 1720 g/mol. The topological polar surface area (TPSA) is 97.1 Å². The predicted octanol–water partition coefficient (Wildman–Crippen LogP) is 32.0. The van der Waals surface area contributed by atoms with Gasteiger partial charge in [-0.05, 0) is 137 Å². The fourth-order valence-electron chi connectivity index (χ4n) is 20.7. The lowest BCUT2D eigenvalue weighted by atomic mass is 9.98. The van der Waals surface area contributed by atoms with E-state index in [0.717, 1.165) is 121 Å². The van der Waals surface area contributed by atoms with Crippen LogP contribution in [0.5, 0.6) is 0 Å². The number of thiophene rings is 3. The fraction of sp³-hybridized carbons (Fsp3) is 0. The number of rotatable bonds is 12. The molecule has 0 saturated heterocycles. The molecule has 9 heterocycles. The molecule has 28 rings (SSSR count). The van der Waals surface area contributed by atoms with Crippen LogP contribution in [0.3, 0.4) is 0 Å². The molecule has 0 radical (unpaired) electrons. The van der Waals surface area contributed by atoms with E-state index in [1.807, 2.05) is 59.1 Å². The molecule has 13 heteroatoms. The minimum atomic E-state index is 0.593. The molecule has 9 aromatic heterocycles. The first-order chi connectivity index (χ1) is 64.9. The Balaban J connectivity index is 0.521. The third-order valence-electron chi connectivity index (χ3n) is 26.7. The molecule has 0 N–H and O–H groups in total. The molecule has 0 saturated carbocycles. The minimum Gasteiger partial charge on any atom is -0.309 e. The fourth-order valence-corrected chi connectivity index (χ4v) is 24.3. The number of hydrogen-bond donors (Lipinski definition) is 0. The quantitative estimate of drug-likeness (QED) is 0.121. The first kappa shape index (κ1) is 73.5. The maximum atomic E-state index is 5.49. The Morgan fingerprint density at radius 1 is 0.160 bits per heavy atom. The average molecular weight is 1720 g/mol. The van der Waals surface area contributed by atoms with Crippen molar-refractivity contribution in [3.8, 4) is 113 Å². The summed E-state index contributed by atoms with van der Waals surface area (Å²) < 4.78 is 17.2. The molecule has 19 aromatic carbocycles. The molecule has 0 fully saturated rings. The lowest BCUT2D eigenvalue weighted by molar-refractivity contribution is 1.07. The van der Waals surface area contributed by atoms with Gasteiger partial charge in [-0.15, -0.1) is 34.0 Å². The highest BCUT2D eigenvalue weighted by Crippen LogP contribution is 2.50. The number of fused-ring (bicyclic) bond motifs is 23. The molecule has 0 amide bonds. The first-order valence-electron chi connectivity index (χ1n) is 44.1. The summed E-state index contributed by atoms with van der Waals surface area (Å²) in [6.45, 7) is 0. The Kier molecular flexibility index (Phi) is 16.2. The molecule has 0 spiro atoms. The van der Waals surface area contributed by atoms with Crippen molar-refractivity contribution in [2.75, 3.05) is 0 Å². The Morgan fingerprint density at radius 2 is 0.542 bits per heavy atom. The molecule has 0 unspecified atom stereocenters. The van der Waals surface area contributed by atoms with E-state index in [4.69, 9.17) is 29.9 Å². The van der Waals surface area contributed by atoms with E-state index < -0.39 is 0 Å². The van der Waals surface area contributed by atoms with Crippen molar-refractivity contribution in [1.29, 1.82) is 0 Å². The van der Waals surface area contributed by atoms with Crippen molar-refractivity contribution in [3.05, 3.63) is 413 Å². The average Bonchev–Trinajstić information content (AvgIpc) is 1.55. The van der Waals surface area contributed by atoms with Crippen molar-refractivity contribution in [3.63, 3.8) is 0 Å². The third-order valence-corrected chi connectivity index (χ3v) is 30.2. The molecule has 0 aliphatic rings. The van der Waals surface area contributed by atoms with Gasteiger partial charge in [0.05, 0.1) is 54.5 Å². The highest BCUT2D eigenvalue weighted by Gasteiger charge is 2.27. The molecule has 0 atom stereocenters. The Hall–Kier alpha value is -16.7. The summed E-state index contributed by atoms with van der Waals surface area (Å²) in [6, 6.07) is 150. The van der Waals surface area contributed by atoms with Gasteiger partial charge in [0.2, 0.25) is 0 Å². The Morgan fingerprint density at radius 3 is 1.18 bits per heavy atom. The summed E-state index contributed by atoms with van der Waals surface area (Å²) >= 11 is 5.50. The van der Waals surface area contributed by atoms with Crippen molar-refractivity contribution in [2.24, 2.45) is 0 Å². The van der Waals surface area contributed by atoms with Gasteiger partial charge in [0.15, 0.2) is 34.9 Å². The van der Waals surface area contributed by atoms with Gasteiger partial charge in [-0.2, -0.15) is 0 Å². The normalized spacial score (nSPS) is 12.1. The largest absolute Gasteiger partial charge is 0.309 e. The van der Waals surface area contributed by atoms with E-state index in [1.165, 1.54) is 115 Å². The molecular formula is C118H68N10S3. The summed E-state index contributed by atoms with van der Waals surface area (Å²) in [4.78, 5) is 32.0. The van der Waals surface area contributed by atoms with Gasteiger partial charge in [0.1, 0.15) is 0 Å². The molecule has 608 valence electrons. The second-order valence-corrected chi connectivity index (χ2v) is 37.1. The van der Waals surface area contributed by atoms with Crippen molar-refractivity contribution < 1.29 is 0 Å². The van der Waals surface area contributed by atoms with E-state index in [9.17, 15) is 0 Å². The van der Waals surface area contributed by atoms with Crippen molar-refractivity contribution >= 4 is 193 Å². The van der Waals surface area contributed by atoms with Crippen LogP contribution in [0, 0.1) is 0 Å². The summed E-state index contributed by atoms with van der Waals surface area (Å²) in [5.74, 6) is 3.67. The summed E-state index contributed by atoms with van der Waals surface area (Å²) in [7, 11) is 0. The second kappa shape index (κ2) is 28.9. The van der Waals surface area contributed by atoms with Crippen LogP contribution in [0.2, 0.25) is 0 Å². The lowest BCUT2D eigenvalue weighted by Crippen LogP contribution is -2.02. The van der Waals surface area contributed by atoms with Gasteiger partial charge in [0, 0.05) is 155 Å².